The van der Waals surface area contributed by atoms with E-state index in [1.807, 2.05) is 13.8 Å². The van der Waals surface area contributed by atoms with Gasteiger partial charge in [-0.1, -0.05) is 18.2 Å². The van der Waals surface area contributed by atoms with Crippen LogP contribution in [0.15, 0.2) is 23.8 Å². The Bertz CT molecular complexity index is 183. The van der Waals surface area contributed by atoms with Crippen molar-refractivity contribution in [2.75, 3.05) is 0 Å². The number of hydrogen-bond acceptors (Lipinski definition) is 1. The molecule has 0 rings (SSSR count). The highest BCUT2D eigenvalue weighted by Gasteiger charge is 1.98. The van der Waals surface area contributed by atoms with E-state index in [9.17, 15) is 4.79 Å². The van der Waals surface area contributed by atoms with Crippen LogP contribution in [0.2, 0.25) is 0 Å². The van der Waals surface area contributed by atoms with Crippen LogP contribution in [0.1, 0.15) is 33.6 Å². The lowest BCUT2D eigenvalue weighted by molar-refractivity contribution is -0.115. The summed E-state index contributed by atoms with van der Waals surface area (Å²) in [6, 6.07) is 0. The summed E-state index contributed by atoms with van der Waals surface area (Å²) >= 11 is 0. The van der Waals surface area contributed by atoms with Crippen molar-refractivity contribution in [3.05, 3.63) is 23.8 Å². The third-order valence-corrected chi connectivity index (χ3v) is 1.40. The highest BCUT2D eigenvalue weighted by atomic mass is 16.1. The summed E-state index contributed by atoms with van der Waals surface area (Å²) < 4.78 is 0. The van der Waals surface area contributed by atoms with Crippen molar-refractivity contribution in [2.45, 2.75) is 33.6 Å². The number of Topliss-reactive ketones (excluding diaryl/α,β-unsaturated/α-hetero) is 1. The molecule has 0 radical (unpaired) electrons. The summed E-state index contributed by atoms with van der Waals surface area (Å²) in [6.07, 6.45) is 3.51. The second-order valence-electron chi connectivity index (χ2n) is 3.02. The van der Waals surface area contributed by atoms with Crippen LogP contribution in [0, 0.1) is 0 Å². The third-order valence-electron chi connectivity index (χ3n) is 1.40. The summed E-state index contributed by atoms with van der Waals surface area (Å²) in [4.78, 5) is 11.0. The lowest BCUT2D eigenvalue weighted by Crippen LogP contribution is -1.96. The number of ketones is 1. The molecule has 0 aliphatic rings. The lowest BCUT2D eigenvalue weighted by Gasteiger charge is -1.95. The molecule has 0 atom stereocenters. The van der Waals surface area contributed by atoms with Crippen LogP contribution in [0.5, 0.6) is 0 Å². The van der Waals surface area contributed by atoms with E-state index in [0.29, 0.717) is 12.0 Å². The first-order chi connectivity index (χ1) is 5.04. The summed E-state index contributed by atoms with van der Waals surface area (Å²) in [5, 5.41) is 0. The number of hydrogen-bond donors (Lipinski definition) is 0. The third kappa shape index (κ3) is 5.59. The van der Waals surface area contributed by atoms with Crippen LogP contribution in [0.25, 0.3) is 0 Å². The average molecular weight is 152 g/mol. The van der Waals surface area contributed by atoms with Gasteiger partial charge in [-0.25, -0.2) is 0 Å². The Kier molecular flexibility index (Phi) is 4.51. The molecule has 0 aromatic carbocycles. The smallest absolute Gasteiger partial charge is 0.158 e. The molecule has 11 heavy (non-hydrogen) atoms. The Labute approximate surface area is 68.8 Å². The van der Waals surface area contributed by atoms with E-state index in [2.05, 4.69) is 12.7 Å². The van der Waals surface area contributed by atoms with Crippen LogP contribution >= 0.6 is 0 Å². The van der Waals surface area contributed by atoms with Gasteiger partial charge in [0.1, 0.15) is 0 Å². The number of carbonyl (C=O) groups is 1. The van der Waals surface area contributed by atoms with Gasteiger partial charge in [-0.15, -0.1) is 0 Å². The van der Waals surface area contributed by atoms with E-state index in [1.54, 1.807) is 6.92 Å². The first kappa shape index (κ1) is 10.2. The van der Waals surface area contributed by atoms with Crippen molar-refractivity contribution in [3.8, 4) is 0 Å². The van der Waals surface area contributed by atoms with Gasteiger partial charge in [-0.2, -0.15) is 0 Å². The van der Waals surface area contributed by atoms with E-state index in [-0.39, 0.29) is 5.78 Å². The molecule has 0 fully saturated rings. The van der Waals surface area contributed by atoms with Crippen molar-refractivity contribution < 1.29 is 4.79 Å². The molecule has 0 amide bonds. The SMILES string of the molecule is C=C(C)C(=O)CCC=C(C)C. The molecule has 0 saturated carbocycles. The van der Waals surface area contributed by atoms with E-state index in [1.165, 1.54) is 5.57 Å². The Morgan fingerprint density at radius 2 is 1.91 bits per heavy atom. The van der Waals surface area contributed by atoms with Gasteiger partial charge in [-0.05, 0) is 32.8 Å². The second kappa shape index (κ2) is 4.89. The van der Waals surface area contributed by atoms with Gasteiger partial charge in [0, 0.05) is 6.42 Å². The molecule has 0 N–H and O–H groups in total. The molecule has 1 heteroatoms. The van der Waals surface area contributed by atoms with E-state index in [0.717, 1.165) is 6.42 Å². The molecule has 1 nitrogen and oxygen atoms in total. The summed E-state index contributed by atoms with van der Waals surface area (Å²) in [5.41, 5.74) is 1.92. The van der Waals surface area contributed by atoms with Crippen molar-refractivity contribution in [1.82, 2.24) is 0 Å². The first-order valence-corrected chi connectivity index (χ1v) is 3.86. The predicted octanol–water partition coefficient (Wildman–Crippen LogP) is 2.88. The molecule has 0 bridgehead atoms. The molecule has 0 aromatic rings. The molecular formula is C10H16O. The molecular weight excluding hydrogens is 136 g/mol. The summed E-state index contributed by atoms with van der Waals surface area (Å²) in [7, 11) is 0. The predicted molar refractivity (Wildman–Crippen MR) is 48.5 cm³/mol. The van der Waals surface area contributed by atoms with Crippen LogP contribution in [-0.4, -0.2) is 5.78 Å². The molecule has 0 heterocycles. The zero-order valence-corrected chi connectivity index (χ0v) is 7.61. The maximum absolute atomic E-state index is 11.0. The van der Waals surface area contributed by atoms with E-state index < -0.39 is 0 Å². The Morgan fingerprint density at radius 3 is 2.27 bits per heavy atom. The van der Waals surface area contributed by atoms with Crippen LogP contribution < -0.4 is 0 Å². The van der Waals surface area contributed by atoms with Gasteiger partial charge in [-0.3, -0.25) is 4.79 Å². The highest BCUT2D eigenvalue weighted by molar-refractivity contribution is 5.94. The normalized spacial score (nSPS) is 9.00. The zero-order valence-electron chi connectivity index (χ0n) is 7.61. The molecule has 0 unspecified atom stereocenters. The maximum atomic E-state index is 11.0. The Hall–Kier alpha value is -0.850. The minimum absolute atomic E-state index is 0.169. The summed E-state index contributed by atoms with van der Waals surface area (Å²) in [5.74, 6) is 0.169. The zero-order chi connectivity index (χ0) is 8.85. The fourth-order valence-corrected chi connectivity index (χ4v) is 0.705. The molecule has 0 aromatic heterocycles. The van der Waals surface area contributed by atoms with Crippen LogP contribution in [0.3, 0.4) is 0 Å². The fourth-order valence-electron chi connectivity index (χ4n) is 0.705. The van der Waals surface area contributed by atoms with E-state index in [4.69, 9.17) is 0 Å². The van der Waals surface area contributed by atoms with Gasteiger partial charge < -0.3 is 0 Å². The average Bonchev–Trinajstić information content (AvgIpc) is 1.86. The molecule has 0 saturated heterocycles. The van der Waals surface area contributed by atoms with Gasteiger partial charge in [0.25, 0.3) is 0 Å². The lowest BCUT2D eigenvalue weighted by atomic mass is 10.1. The minimum Gasteiger partial charge on any atom is -0.295 e. The topological polar surface area (TPSA) is 17.1 Å². The molecule has 62 valence electrons. The van der Waals surface area contributed by atoms with E-state index >= 15 is 0 Å². The van der Waals surface area contributed by atoms with Crippen LogP contribution in [-0.2, 0) is 4.79 Å². The number of rotatable bonds is 4. The standard InChI is InChI=1S/C10H16O/c1-8(2)6-5-7-10(11)9(3)4/h6H,3,5,7H2,1-2,4H3. The van der Waals surface area contributed by atoms with Crippen molar-refractivity contribution in [1.29, 1.82) is 0 Å². The van der Waals surface area contributed by atoms with Gasteiger partial charge >= 0.3 is 0 Å². The highest BCUT2D eigenvalue weighted by Crippen LogP contribution is 2.02. The Balaban J connectivity index is 3.64. The molecule has 0 spiro atoms. The number of allylic oxidation sites excluding steroid dienone is 3. The second-order valence-corrected chi connectivity index (χ2v) is 3.02. The van der Waals surface area contributed by atoms with Crippen molar-refractivity contribution in [3.63, 3.8) is 0 Å². The quantitative estimate of drug-likeness (QED) is 0.447. The van der Waals surface area contributed by atoms with Crippen LogP contribution in [0.4, 0.5) is 0 Å². The van der Waals surface area contributed by atoms with Crippen molar-refractivity contribution >= 4 is 5.78 Å². The number of carbonyl (C=O) groups excluding carboxylic acids is 1. The summed E-state index contributed by atoms with van der Waals surface area (Å²) in [6.45, 7) is 9.40. The first-order valence-electron chi connectivity index (χ1n) is 3.86. The minimum atomic E-state index is 0.169. The van der Waals surface area contributed by atoms with Crippen molar-refractivity contribution in [2.24, 2.45) is 0 Å². The fraction of sp³-hybridized carbons (Fsp3) is 0.500. The molecule has 0 aliphatic carbocycles. The van der Waals surface area contributed by atoms with Gasteiger partial charge in [0.05, 0.1) is 0 Å². The van der Waals surface area contributed by atoms with Gasteiger partial charge in [0.15, 0.2) is 5.78 Å². The Morgan fingerprint density at radius 1 is 1.36 bits per heavy atom. The maximum Gasteiger partial charge on any atom is 0.158 e. The van der Waals surface area contributed by atoms with Gasteiger partial charge in [0.2, 0.25) is 0 Å². The monoisotopic (exact) mass is 152 g/mol. The largest absolute Gasteiger partial charge is 0.295 e. The molecule has 0 aliphatic heterocycles.